The molecule has 0 radical (unpaired) electrons. The molecule has 1 unspecified atom stereocenters. The number of methoxy groups -OCH3 is 1. The van der Waals surface area contributed by atoms with Gasteiger partial charge in [-0.15, -0.1) is 11.3 Å². The summed E-state index contributed by atoms with van der Waals surface area (Å²) in [6, 6.07) is 9.71. The monoisotopic (exact) mass is 274 g/mol. The van der Waals surface area contributed by atoms with Crippen molar-refractivity contribution in [2.75, 3.05) is 7.11 Å². The van der Waals surface area contributed by atoms with E-state index in [0.29, 0.717) is 10.8 Å². The molecule has 0 N–H and O–H groups in total. The lowest BCUT2D eigenvalue weighted by atomic mass is 9.97. The molecule has 0 aliphatic rings. The van der Waals surface area contributed by atoms with Crippen molar-refractivity contribution in [3.8, 4) is 5.75 Å². The zero-order valence-electron chi connectivity index (χ0n) is 11.5. The van der Waals surface area contributed by atoms with Gasteiger partial charge < -0.3 is 4.74 Å². The van der Waals surface area contributed by atoms with E-state index in [9.17, 15) is 4.79 Å². The van der Waals surface area contributed by atoms with Crippen LogP contribution in [0.1, 0.15) is 47.0 Å². The van der Waals surface area contributed by atoms with Crippen molar-refractivity contribution in [3.63, 3.8) is 0 Å². The second-order valence-corrected chi connectivity index (χ2v) is 5.52. The van der Waals surface area contributed by atoms with Crippen molar-refractivity contribution < 1.29 is 9.53 Å². The average molecular weight is 274 g/mol. The summed E-state index contributed by atoms with van der Waals surface area (Å²) in [6.07, 6.45) is 1.11. The van der Waals surface area contributed by atoms with E-state index in [1.165, 1.54) is 16.9 Å². The fourth-order valence-electron chi connectivity index (χ4n) is 1.89. The van der Waals surface area contributed by atoms with Gasteiger partial charge in [0, 0.05) is 17.0 Å². The van der Waals surface area contributed by atoms with Crippen LogP contribution in [-0.2, 0) is 0 Å². The molecule has 0 amide bonds. The van der Waals surface area contributed by atoms with Crippen LogP contribution >= 0.6 is 11.3 Å². The third kappa shape index (κ3) is 3.04. The van der Waals surface area contributed by atoms with Crippen LogP contribution in [0.4, 0.5) is 0 Å². The van der Waals surface area contributed by atoms with Crippen LogP contribution in [-0.4, -0.2) is 12.9 Å². The molecule has 2 aromatic rings. The zero-order valence-corrected chi connectivity index (χ0v) is 12.3. The van der Waals surface area contributed by atoms with Gasteiger partial charge in [-0.25, -0.2) is 0 Å². The molecule has 0 aliphatic carbocycles. The van der Waals surface area contributed by atoms with E-state index in [4.69, 9.17) is 4.74 Å². The van der Waals surface area contributed by atoms with Crippen molar-refractivity contribution in [1.82, 2.24) is 0 Å². The van der Waals surface area contributed by atoms with E-state index < -0.39 is 0 Å². The lowest BCUT2D eigenvalue weighted by Crippen LogP contribution is -1.99. The van der Waals surface area contributed by atoms with Crippen LogP contribution in [0.15, 0.2) is 35.7 Å². The van der Waals surface area contributed by atoms with Crippen LogP contribution in [0, 0.1) is 0 Å². The molecule has 2 nitrogen and oxygen atoms in total. The molecule has 1 atom stereocenters. The van der Waals surface area contributed by atoms with Crippen molar-refractivity contribution in [1.29, 1.82) is 0 Å². The van der Waals surface area contributed by atoms with Gasteiger partial charge in [0.2, 0.25) is 5.78 Å². The summed E-state index contributed by atoms with van der Waals surface area (Å²) in [5.74, 6) is 1.33. The third-order valence-corrected chi connectivity index (χ3v) is 4.30. The standard InChI is InChI=1S/C16H18O2S/c1-4-11(2)12-5-7-13(8-6-12)16(17)15-9-14(18-3)10-19-15/h5-11H,4H2,1-3H3. The molecule has 100 valence electrons. The molecule has 0 saturated carbocycles. The lowest BCUT2D eigenvalue weighted by Gasteiger charge is -2.09. The molecule has 2 rings (SSSR count). The highest BCUT2D eigenvalue weighted by molar-refractivity contribution is 7.12. The first-order chi connectivity index (χ1) is 9.15. The highest BCUT2D eigenvalue weighted by Gasteiger charge is 2.12. The Morgan fingerprint density at radius 3 is 2.53 bits per heavy atom. The van der Waals surface area contributed by atoms with Crippen LogP contribution in [0.5, 0.6) is 5.75 Å². The minimum absolute atomic E-state index is 0.0593. The van der Waals surface area contributed by atoms with E-state index in [0.717, 1.165) is 17.7 Å². The molecule has 0 saturated heterocycles. The normalized spacial score (nSPS) is 12.2. The van der Waals surface area contributed by atoms with Crippen molar-refractivity contribution in [2.45, 2.75) is 26.2 Å². The Kier molecular flexibility index (Phi) is 4.38. The predicted molar refractivity (Wildman–Crippen MR) is 79.5 cm³/mol. The maximum atomic E-state index is 12.3. The van der Waals surface area contributed by atoms with Gasteiger partial charge in [0.1, 0.15) is 5.75 Å². The smallest absolute Gasteiger partial charge is 0.203 e. The number of ketones is 1. The predicted octanol–water partition coefficient (Wildman–Crippen LogP) is 4.50. The van der Waals surface area contributed by atoms with E-state index in [2.05, 4.69) is 13.8 Å². The highest BCUT2D eigenvalue weighted by Crippen LogP contribution is 2.25. The summed E-state index contributed by atoms with van der Waals surface area (Å²) in [7, 11) is 1.61. The average Bonchev–Trinajstić information content (AvgIpc) is 2.94. The highest BCUT2D eigenvalue weighted by atomic mass is 32.1. The van der Waals surface area contributed by atoms with Crippen molar-refractivity contribution in [3.05, 3.63) is 51.7 Å². The molecule has 19 heavy (non-hydrogen) atoms. The van der Waals surface area contributed by atoms with Gasteiger partial charge in [0.15, 0.2) is 0 Å². The first-order valence-corrected chi connectivity index (χ1v) is 7.30. The van der Waals surface area contributed by atoms with Gasteiger partial charge in [-0.2, -0.15) is 0 Å². The lowest BCUT2D eigenvalue weighted by molar-refractivity contribution is 0.104. The van der Waals surface area contributed by atoms with Gasteiger partial charge in [-0.05, 0) is 17.9 Å². The number of carbonyl (C=O) groups excluding carboxylic acids is 1. The van der Waals surface area contributed by atoms with Gasteiger partial charge >= 0.3 is 0 Å². The zero-order chi connectivity index (χ0) is 13.8. The fourth-order valence-corrected chi connectivity index (χ4v) is 2.70. The maximum Gasteiger partial charge on any atom is 0.203 e. The van der Waals surface area contributed by atoms with Crippen LogP contribution < -0.4 is 4.74 Å². The second-order valence-electron chi connectivity index (χ2n) is 4.61. The van der Waals surface area contributed by atoms with Crippen LogP contribution in [0.25, 0.3) is 0 Å². The largest absolute Gasteiger partial charge is 0.496 e. The Hall–Kier alpha value is -1.61. The first-order valence-electron chi connectivity index (χ1n) is 6.43. The molecular weight excluding hydrogens is 256 g/mol. The van der Waals surface area contributed by atoms with Crippen molar-refractivity contribution in [2.24, 2.45) is 0 Å². The van der Waals surface area contributed by atoms with Crippen molar-refractivity contribution >= 4 is 17.1 Å². The number of hydrogen-bond donors (Lipinski definition) is 0. The summed E-state index contributed by atoms with van der Waals surface area (Å²) in [5, 5.41) is 1.85. The van der Waals surface area contributed by atoms with Crippen LogP contribution in [0.3, 0.4) is 0 Å². The molecule has 0 bridgehead atoms. The first kappa shape index (κ1) is 13.8. The summed E-state index contributed by atoms with van der Waals surface area (Å²) in [4.78, 5) is 13.0. The Morgan fingerprint density at radius 2 is 2.00 bits per heavy atom. The van der Waals surface area contributed by atoms with Gasteiger partial charge in [0.05, 0.1) is 12.0 Å². The Morgan fingerprint density at radius 1 is 1.32 bits per heavy atom. The topological polar surface area (TPSA) is 26.3 Å². The number of rotatable bonds is 5. The Labute approximate surface area is 118 Å². The number of benzene rings is 1. The number of carbonyl (C=O) groups is 1. The van der Waals surface area contributed by atoms with Gasteiger partial charge in [0.25, 0.3) is 0 Å². The Balaban J connectivity index is 2.19. The molecular formula is C16H18O2S. The Bertz CT molecular complexity index is 554. The van der Waals surface area contributed by atoms with E-state index >= 15 is 0 Å². The molecule has 1 aromatic carbocycles. The minimum Gasteiger partial charge on any atom is -0.496 e. The SMILES string of the molecule is CCC(C)c1ccc(C(=O)c2cc(OC)cs2)cc1. The van der Waals surface area contributed by atoms with Gasteiger partial charge in [-0.1, -0.05) is 38.1 Å². The number of ether oxygens (including phenoxy) is 1. The fraction of sp³-hybridized carbons (Fsp3) is 0.312. The molecule has 0 aliphatic heterocycles. The molecule has 3 heteroatoms. The summed E-state index contributed by atoms with van der Waals surface area (Å²) < 4.78 is 5.10. The number of thiophene rings is 1. The summed E-state index contributed by atoms with van der Waals surface area (Å²) >= 11 is 1.42. The molecule has 0 fully saturated rings. The summed E-state index contributed by atoms with van der Waals surface area (Å²) in [5.41, 5.74) is 2.01. The second kappa shape index (κ2) is 6.02. The quantitative estimate of drug-likeness (QED) is 0.750. The molecule has 0 spiro atoms. The minimum atomic E-state index is 0.0593. The molecule has 1 aromatic heterocycles. The van der Waals surface area contributed by atoms with Gasteiger partial charge in [-0.3, -0.25) is 4.79 Å². The van der Waals surface area contributed by atoms with Crippen LogP contribution in [0.2, 0.25) is 0 Å². The summed E-state index contributed by atoms with van der Waals surface area (Å²) in [6.45, 7) is 4.36. The maximum absolute atomic E-state index is 12.3. The third-order valence-electron chi connectivity index (χ3n) is 3.39. The molecule has 1 heterocycles. The van der Waals surface area contributed by atoms with E-state index in [1.54, 1.807) is 13.2 Å². The van der Waals surface area contributed by atoms with E-state index in [-0.39, 0.29) is 5.78 Å². The van der Waals surface area contributed by atoms with E-state index in [1.807, 2.05) is 29.6 Å². The number of hydrogen-bond acceptors (Lipinski definition) is 3.